The number of aryl methyl sites for hydroxylation is 1. The van der Waals surface area contributed by atoms with Crippen LogP contribution in [0, 0.1) is 0 Å². The number of amides is 1. The number of aromatic nitrogens is 2. The number of rotatable bonds is 4. The Labute approximate surface area is 82.8 Å². The molecule has 0 saturated carbocycles. The maximum Gasteiger partial charge on any atom is 0.272 e. The number of imidazole rings is 1. The van der Waals surface area contributed by atoms with Gasteiger partial charge in [-0.25, -0.2) is 4.98 Å². The summed E-state index contributed by atoms with van der Waals surface area (Å²) < 4.78 is 1.67. The number of nitrogens with one attached hydrogen (secondary N) is 2. The summed E-state index contributed by atoms with van der Waals surface area (Å²) in [6, 6.07) is 0. The van der Waals surface area contributed by atoms with Gasteiger partial charge in [0.05, 0.1) is 6.33 Å². The summed E-state index contributed by atoms with van der Waals surface area (Å²) in [6.07, 6.45) is 3.22. The molecule has 0 spiro atoms. The summed E-state index contributed by atoms with van der Waals surface area (Å²) in [5, 5.41) is 5.55. The lowest BCUT2D eigenvalue weighted by atomic mass is 10.4. The smallest absolute Gasteiger partial charge is 0.272 e. The third-order valence-electron chi connectivity index (χ3n) is 1.80. The predicted octanol–water partition coefficient (Wildman–Crippen LogP) is 0.378. The first-order valence-corrected chi connectivity index (χ1v) is 4.28. The Kier molecular flexibility index (Phi) is 3.28. The number of nitrogens with zero attached hydrogens (tertiary/aromatic N) is 2. The zero-order chi connectivity index (χ0) is 10.6. The van der Waals surface area contributed by atoms with Gasteiger partial charge in [-0.3, -0.25) is 4.79 Å². The molecule has 0 aliphatic carbocycles. The van der Waals surface area contributed by atoms with Crippen LogP contribution in [0.1, 0.15) is 10.5 Å². The molecule has 76 valence electrons. The van der Waals surface area contributed by atoms with E-state index in [1.54, 1.807) is 31.1 Å². The summed E-state index contributed by atoms with van der Waals surface area (Å²) in [7, 11) is 3.50. The molecule has 1 heterocycles. The number of carbonyl (C=O) groups excluding carboxylic acids is 1. The highest BCUT2D eigenvalue weighted by Crippen LogP contribution is 2.10. The van der Waals surface area contributed by atoms with Crippen LogP contribution in [-0.2, 0) is 7.05 Å². The van der Waals surface area contributed by atoms with Crippen LogP contribution < -0.4 is 10.6 Å². The van der Waals surface area contributed by atoms with Gasteiger partial charge >= 0.3 is 0 Å². The highest BCUT2D eigenvalue weighted by atomic mass is 16.2. The van der Waals surface area contributed by atoms with Gasteiger partial charge in [-0.05, 0) is 0 Å². The average molecular weight is 194 g/mol. The molecule has 1 aromatic heterocycles. The number of carbonyl (C=O) groups is 1. The van der Waals surface area contributed by atoms with E-state index in [1.807, 2.05) is 0 Å². The second-order valence-corrected chi connectivity index (χ2v) is 2.80. The highest BCUT2D eigenvalue weighted by molar-refractivity contribution is 5.97. The van der Waals surface area contributed by atoms with Gasteiger partial charge in [0.25, 0.3) is 5.91 Å². The van der Waals surface area contributed by atoms with Gasteiger partial charge in [-0.2, -0.15) is 0 Å². The van der Waals surface area contributed by atoms with E-state index in [2.05, 4.69) is 22.2 Å². The van der Waals surface area contributed by atoms with E-state index < -0.39 is 0 Å². The van der Waals surface area contributed by atoms with Gasteiger partial charge in [-0.1, -0.05) is 6.08 Å². The highest BCUT2D eigenvalue weighted by Gasteiger charge is 2.14. The molecule has 0 aromatic carbocycles. The number of hydrogen-bond donors (Lipinski definition) is 2. The molecule has 0 bridgehead atoms. The quantitative estimate of drug-likeness (QED) is 0.681. The third kappa shape index (κ3) is 1.93. The maximum absolute atomic E-state index is 11.6. The van der Waals surface area contributed by atoms with Crippen LogP contribution in [0.4, 0.5) is 5.82 Å². The summed E-state index contributed by atoms with van der Waals surface area (Å²) in [5.74, 6) is 0.420. The van der Waals surface area contributed by atoms with Crippen molar-refractivity contribution in [2.75, 3.05) is 18.9 Å². The molecule has 0 atom stereocenters. The molecule has 2 N–H and O–H groups in total. The Morgan fingerprint density at radius 3 is 3.07 bits per heavy atom. The summed E-state index contributed by atoms with van der Waals surface area (Å²) >= 11 is 0. The van der Waals surface area contributed by atoms with Gasteiger partial charge < -0.3 is 15.2 Å². The lowest BCUT2D eigenvalue weighted by Gasteiger charge is -2.05. The first-order chi connectivity index (χ1) is 6.70. The van der Waals surface area contributed by atoms with E-state index in [0.717, 1.165) is 0 Å². The van der Waals surface area contributed by atoms with Crippen LogP contribution in [0.5, 0.6) is 0 Å². The van der Waals surface area contributed by atoms with Crippen molar-refractivity contribution < 1.29 is 4.79 Å². The van der Waals surface area contributed by atoms with Crippen LogP contribution in [-0.4, -0.2) is 29.1 Å². The predicted molar refractivity (Wildman–Crippen MR) is 55.3 cm³/mol. The van der Waals surface area contributed by atoms with Gasteiger partial charge in [0.15, 0.2) is 11.5 Å². The second-order valence-electron chi connectivity index (χ2n) is 2.80. The minimum Gasteiger partial charge on any atom is -0.371 e. The Hall–Kier alpha value is -1.78. The first-order valence-electron chi connectivity index (χ1n) is 4.28. The fraction of sp³-hybridized carbons (Fsp3) is 0.333. The zero-order valence-corrected chi connectivity index (χ0v) is 8.37. The van der Waals surface area contributed by atoms with Crippen molar-refractivity contribution in [1.82, 2.24) is 14.9 Å². The van der Waals surface area contributed by atoms with E-state index in [-0.39, 0.29) is 5.91 Å². The standard InChI is InChI=1S/C9H14N4O/c1-4-5-11-9(14)7-8(10-2)12-6-13(7)3/h4,6,10H,1,5H2,2-3H3,(H,11,14). The summed E-state index contributed by atoms with van der Waals surface area (Å²) in [4.78, 5) is 15.6. The van der Waals surface area contributed by atoms with E-state index in [1.165, 1.54) is 0 Å². The van der Waals surface area contributed by atoms with Gasteiger partial charge in [0.1, 0.15) is 0 Å². The minimum absolute atomic E-state index is 0.158. The molecule has 1 aromatic rings. The SMILES string of the molecule is C=CCNC(=O)c1c(NC)ncn1C. The Morgan fingerprint density at radius 2 is 2.50 bits per heavy atom. The van der Waals surface area contributed by atoms with Crippen LogP contribution in [0.2, 0.25) is 0 Å². The molecule has 14 heavy (non-hydrogen) atoms. The van der Waals surface area contributed by atoms with E-state index in [0.29, 0.717) is 18.1 Å². The van der Waals surface area contributed by atoms with Crippen LogP contribution >= 0.6 is 0 Å². The minimum atomic E-state index is -0.158. The van der Waals surface area contributed by atoms with Crippen molar-refractivity contribution in [3.63, 3.8) is 0 Å². The molecule has 5 heteroatoms. The Balaban J connectivity index is 2.86. The van der Waals surface area contributed by atoms with Crippen LogP contribution in [0.15, 0.2) is 19.0 Å². The monoisotopic (exact) mass is 194 g/mol. The van der Waals surface area contributed by atoms with Gasteiger partial charge in [0, 0.05) is 20.6 Å². The molecule has 0 radical (unpaired) electrons. The largest absolute Gasteiger partial charge is 0.371 e. The third-order valence-corrected chi connectivity index (χ3v) is 1.80. The van der Waals surface area contributed by atoms with Crippen molar-refractivity contribution in [1.29, 1.82) is 0 Å². The molecule has 1 rings (SSSR count). The van der Waals surface area contributed by atoms with E-state index in [9.17, 15) is 4.79 Å². The van der Waals surface area contributed by atoms with Crippen molar-refractivity contribution in [2.24, 2.45) is 7.05 Å². The van der Waals surface area contributed by atoms with Crippen LogP contribution in [0.25, 0.3) is 0 Å². The van der Waals surface area contributed by atoms with E-state index in [4.69, 9.17) is 0 Å². The molecule has 0 fully saturated rings. The normalized spacial score (nSPS) is 9.57. The maximum atomic E-state index is 11.6. The molecular formula is C9H14N4O. The molecule has 5 nitrogen and oxygen atoms in total. The lowest BCUT2D eigenvalue weighted by molar-refractivity contribution is 0.0951. The zero-order valence-electron chi connectivity index (χ0n) is 8.37. The number of hydrogen-bond acceptors (Lipinski definition) is 3. The first kappa shape index (κ1) is 10.3. The topological polar surface area (TPSA) is 59.0 Å². The van der Waals surface area contributed by atoms with Crippen molar-refractivity contribution >= 4 is 11.7 Å². The summed E-state index contributed by atoms with van der Waals surface area (Å²) in [5.41, 5.74) is 0.523. The van der Waals surface area contributed by atoms with Crippen LogP contribution in [0.3, 0.4) is 0 Å². The van der Waals surface area contributed by atoms with Crippen molar-refractivity contribution in [3.8, 4) is 0 Å². The molecule has 0 aliphatic heterocycles. The van der Waals surface area contributed by atoms with Crippen molar-refractivity contribution in [2.45, 2.75) is 0 Å². The molecular weight excluding hydrogens is 180 g/mol. The molecule has 0 aliphatic rings. The number of anilines is 1. The molecule has 1 amide bonds. The molecule has 0 unspecified atom stereocenters. The second kappa shape index (κ2) is 4.45. The van der Waals surface area contributed by atoms with Gasteiger partial charge in [0.2, 0.25) is 0 Å². The fourth-order valence-corrected chi connectivity index (χ4v) is 1.13. The molecule has 0 saturated heterocycles. The van der Waals surface area contributed by atoms with Crippen molar-refractivity contribution in [3.05, 3.63) is 24.7 Å². The average Bonchev–Trinajstić information content (AvgIpc) is 2.56. The van der Waals surface area contributed by atoms with E-state index >= 15 is 0 Å². The van der Waals surface area contributed by atoms with Gasteiger partial charge in [-0.15, -0.1) is 6.58 Å². The Morgan fingerprint density at radius 1 is 1.79 bits per heavy atom. The Bertz CT molecular complexity index is 343. The fourth-order valence-electron chi connectivity index (χ4n) is 1.13. The summed E-state index contributed by atoms with van der Waals surface area (Å²) in [6.45, 7) is 3.98. The lowest BCUT2D eigenvalue weighted by Crippen LogP contribution is -2.26.